The van der Waals surface area contributed by atoms with Crippen molar-refractivity contribution in [3.8, 4) is 0 Å². The van der Waals surface area contributed by atoms with Crippen LogP contribution in [0.4, 0.5) is 0 Å². The Morgan fingerprint density at radius 3 is 2.76 bits per heavy atom. The molecule has 4 heteroatoms. The van der Waals surface area contributed by atoms with Gasteiger partial charge >= 0.3 is 0 Å². The summed E-state index contributed by atoms with van der Waals surface area (Å²) in [7, 11) is 0. The molecular weight excluding hydrogens is 316 g/mol. The lowest BCUT2D eigenvalue weighted by Crippen LogP contribution is -2.33. The quantitative estimate of drug-likeness (QED) is 0.729. The average molecular weight is 346 g/mol. The number of rotatable bonds is 8. The third kappa shape index (κ3) is 5.14. The number of aliphatic hydroxyl groups is 1. The Balaban J connectivity index is 1.58. The van der Waals surface area contributed by atoms with Crippen molar-refractivity contribution in [2.24, 2.45) is 11.8 Å². The summed E-state index contributed by atoms with van der Waals surface area (Å²) in [6.07, 6.45) is 6.00. The number of allylic oxidation sites excluding steroid dienone is 1. The maximum atomic E-state index is 10.5. The number of ether oxygens (including phenoxy) is 3. The van der Waals surface area contributed by atoms with E-state index in [1.807, 2.05) is 24.3 Å². The minimum Gasteiger partial charge on any atom is -0.393 e. The van der Waals surface area contributed by atoms with Crippen LogP contribution in [-0.4, -0.2) is 36.8 Å². The van der Waals surface area contributed by atoms with Gasteiger partial charge in [-0.1, -0.05) is 36.4 Å². The smallest absolute Gasteiger partial charge is 0.157 e. The number of hydrogen-bond donors (Lipinski definition) is 1. The highest BCUT2D eigenvalue weighted by atomic mass is 16.7. The zero-order chi connectivity index (χ0) is 17.5. The third-order valence-electron chi connectivity index (χ3n) is 5.32. The van der Waals surface area contributed by atoms with Crippen molar-refractivity contribution in [1.29, 1.82) is 0 Å². The van der Waals surface area contributed by atoms with Crippen molar-refractivity contribution in [3.63, 3.8) is 0 Å². The lowest BCUT2D eigenvalue weighted by molar-refractivity contribution is -0.199. The first-order chi connectivity index (χ1) is 12.3. The normalized spacial score (nSPS) is 32.6. The van der Waals surface area contributed by atoms with Gasteiger partial charge in [-0.3, -0.25) is 0 Å². The molecule has 3 rings (SSSR count). The molecule has 1 aromatic carbocycles. The lowest BCUT2D eigenvalue weighted by atomic mass is 9.91. The largest absolute Gasteiger partial charge is 0.393 e. The second-order valence-electron chi connectivity index (χ2n) is 7.13. The zero-order valence-corrected chi connectivity index (χ0v) is 14.9. The van der Waals surface area contributed by atoms with Crippen molar-refractivity contribution in [2.45, 2.75) is 57.2 Å². The highest BCUT2D eigenvalue weighted by Crippen LogP contribution is 2.38. The van der Waals surface area contributed by atoms with Crippen LogP contribution in [0.25, 0.3) is 0 Å². The molecule has 0 radical (unpaired) electrons. The molecule has 1 heterocycles. The molecular formula is C21H30O4. The van der Waals surface area contributed by atoms with Crippen LogP contribution < -0.4 is 0 Å². The van der Waals surface area contributed by atoms with E-state index in [4.69, 9.17) is 14.2 Å². The summed E-state index contributed by atoms with van der Waals surface area (Å²) >= 11 is 0. The molecule has 2 aliphatic rings. The minimum atomic E-state index is -0.364. The van der Waals surface area contributed by atoms with Crippen LogP contribution >= 0.6 is 0 Å². The van der Waals surface area contributed by atoms with Gasteiger partial charge in [-0.25, -0.2) is 0 Å². The Labute approximate surface area is 150 Å². The Morgan fingerprint density at radius 1 is 1.20 bits per heavy atom. The van der Waals surface area contributed by atoms with Crippen LogP contribution in [0.1, 0.15) is 37.7 Å². The fourth-order valence-electron chi connectivity index (χ4n) is 3.96. The Hall–Kier alpha value is -1.20. The molecule has 0 bridgehead atoms. The first-order valence-corrected chi connectivity index (χ1v) is 9.45. The third-order valence-corrected chi connectivity index (χ3v) is 5.32. The highest BCUT2D eigenvalue weighted by molar-refractivity contribution is 5.13. The van der Waals surface area contributed by atoms with Crippen molar-refractivity contribution < 1.29 is 19.3 Å². The van der Waals surface area contributed by atoms with Gasteiger partial charge in [0.05, 0.1) is 25.4 Å². The molecule has 1 N–H and O–H groups in total. The maximum Gasteiger partial charge on any atom is 0.157 e. The Morgan fingerprint density at radius 2 is 2.04 bits per heavy atom. The molecule has 0 aromatic heterocycles. The van der Waals surface area contributed by atoms with E-state index in [2.05, 4.69) is 18.7 Å². The summed E-state index contributed by atoms with van der Waals surface area (Å²) in [4.78, 5) is 0. The average Bonchev–Trinajstić information content (AvgIpc) is 2.92. The fraction of sp³-hybridized carbons (Fsp3) is 0.619. The molecule has 1 aliphatic heterocycles. The van der Waals surface area contributed by atoms with Crippen molar-refractivity contribution in [2.75, 3.05) is 13.2 Å². The summed E-state index contributed by atoms with van der Waals surface area (Å²) in [5, 5.41) is 10.5. The van der Waals surface area contributed by atoms with E-state index in [-0.39, 0.29) is 30.3 Å². The SMILES string of the molecule is C=CC[C@@H]1[C@@H](COCc2ccccc2)[C@H](OC2CCCCO2)C[C@H]1O. The molecule has 1 saturated heterocycles. The highest BCUT2D eigenvalue weighted by Gasteiger charge is 2.43. The van der Waals surface area contributed by atoms with E-state index in [1.165, 1.54) is 0 Å². The van der Waals surface area contributed by atoms with Gasteiger partial charge in [-0.05, 0) is 37.2 Å². The monoisotopic (exact) mass is 346 g/mol. The van der Waals surface area contributed by atoms with Crippen LogP contribution in [0, 0.1) is 11.8 Å². The summed E-state index contributed by atoms with van der Waals surface area (Å²) in [5.74, 6) is 0.309. The summed E-state index contributed by atoms with van der Waals surface area (Å²) < 4.78 is 17.9. The van der Waals surface area contributed by atoms with Gasteiger partial charge in [0.1, 0.15) is 0 Å². The second kappa shape index (κ2) is 9.48. The predicted octanol–water partition coefficient (Wildman–Crippen LogP) is 3.69. The second-order valence-corrected chi connectivity index (χ2v) is 7.13. The summed E-state index contributed by atoms with van der Waals surface area (Å²) in [6.45, 7) is 5.78. The lowest BCUT2D eigenvalue weighted by Gasteiger charge is -2.30. The van der Waals surface area contributed by atoms with Crippen LogP contribution in [0.15, 0.2) is 43.0 Å². The number of benzene rings is 1. The molecule has 5 atom stereocenters. The number of aliphatic hydroxyl groups excluding tert-OH is 1. The molecule has 0 amide bonds. The first kappa shape index (κ1) is 18.6. The van der Waals surface area contributed by atoms with Gasteiger partial charge in [0.2, 0.25) is 0 Å². The maximum absolute atomic E-state index is 10.5. The molecule has 1 aromatic rings. The van der Waals surface area contributed by atoms with Crippen LogP contribution in [-0.2, 0) is 20.8 Å². The van der Waals surface area contributed by atoms with E-state index < -0.39 is 0 Å². The molecule has 1 aliphatic carbocycles. The van der Waals surface area contributed by atoms with Gasteiger partial charge in [-0.2, -0.15) is 0 Å². The van der Waals surface area contributed by atoms with E-state index in [0.717, 1.165) is 37.9 Å². The van der Waals surface area contributed by atoms with Crippen LogP contribution in [0.5, 0.6) is 0 Å². The molecule has 2 fully saturated rings. The van der Waals surface area contributed by atoms with Crippen molar-refractivity contribution in [3.05, 3.63) is 48.6 Å². The number of hydrogen-bond acceptors (Lipinski definition) is 4. The van der Waals surface area contributed by atoms with Gasteiger partial charge in [0, 0.05) is 18.9 Å². The van der Waals surface area contributed by atoms with Crippen LogP contribution in [0.2, 0.25) is 0 Å². The molecule has 1 unspecified atom stereocenters. The Kier molecular flexibility index (Phi) is 7.05. The molecule has 1 saturated carbocycles. The first-order valence-electron chi connectivity index (χ1n) is 9.45. The topological polar surface area (TPSA) is 47.9 Å². The van der Waals surface area contributed by atoms with E-state index in [1.54, 1.807) is 0 Å². The Bertz CT molecular complexity index is 512. The molecule has 4 nitrogen and oxygen atoms in total. The molecule has 0 spiro atoms. The van der Waals surface area contributed by atoms with Gasteiger partial charge in [0.25, 0.3) is 0 Å². The summed E-state index contributed by atoms with van der Waals surface area (Å²) in [5.41, 5.74) is 1.16. The standard InChI is InChI=1S/C21H30O4/c1-2-8-17-18(15-23-14-16-9-4-3-5-10-16)20(13-19(17)22)25-21-11-6-7-12-24-21/h2-5,9-10,17-22H,1,6-8,11-15H2/t17-,18-,19-,20-,21?/m1/s1. The van der Waals surface area contributed by atoms with E-state index in [9.17, 15) is 5.11 Å². The van der Waals surface area contributed by atoms with E-state index in [0.29, 0.717) is 19.6 Å². The van der Waals surface area contributed by atoms with Crippen molar-refractivity contribution in [1.82, 2.24) is 0 Å². The molecule has 138 valence electrons. The van der Waals surface area contributed by atoms with Crippen molar-refractivity contribution >= 4 is 0 Å². The van der Waals surface area contributed by atoms with Gasteiger partial charge in [-0.15, -0.1) is 6.58 Å². The van der Waals surface area contributed by atoms with Gasteiger partial charge < -0.3 is 19.3 Å². The predicted molar refractivity (Wildman–Crippen MR) is 97.0 cm³/mol. The summed E-state index contributed by atoms with van der Waals surface area (Å²) in [6, 6.07) is 10.2. The fourth-order valence-corrected chi connectivity index (χ4v) is 3.96. The minimum absolute atomic E-state index is 0.0150. The zero-order valence-electron chi connectivity index (χ0n) is 14.9. The van der Waals surface area contributed by atoms with E-state index >= 15 is 0 Å². The van der Waals surface area contributed by atoms with Crippen LogP contribution in [0.3, 0.4) is 0 Å². The van der Waals surface area contributed by atoms with Gasteiger partial charge in [0.15, 0.2) is 6.29 Å². The molecule has 25 heavy (non-hydrogen) atoms.